The van der Waals surface area contributed by atoms with Gasteiger partial charge in [0.1, 0.15) is 0 Å². The van der Waals surface area contributed by atoms with E-state index in [1.165, 1.54) is 0 Å². The molecule has 1 aliphatic rings. The van der Waals surface area contributed by atoms with Gasteiger partial charge in [-0.3, -0.25) is 5.01 Å². The molecule has 15 heavy (non-hydrogen) atoms. The zero-order valence-electron chi connectivity index (χ0n) is 8.69. The Morgan fingerprint density at radius 3 is 2.53 bits per heavy atom. The van der Waals surface area contributed by atoms with Crippen molar-refractivity contribution in [1.29, 1.82) is 0 Å². The molecule has 0 unspecified atom stereocenters. The zero-order chi connectivity index (χ0) is 10.5. The highest BCUT2D eigenvalue weighted by molar-refractivity contribution is 5.97. The van der Waals surface area contributed by atoms with Gasteiger partial charge < -0.3 is 11.1 Å². The number of benzene rings is 1. The summed E-state index contributed by atoms with van der Waals surface area (Å²) < 4.78 is 0. The standard InChI is InChI=1S/C11H16N4/c12-11(10-4-2-1-3-5-10)14-15-8-6-13-7-9-15/h1-5,13H,6-9H2,(H2,12,14). The number of nitrogens with two attached hydrogens (primary N) is 1. The van der Waals surface area contributed by atoms with Crippen molar-refractivity contribution in [1.82, 2.24) is 10.3 Å². The fourth-order valence-corrected chi connectivity index (χ4v) is 1.57. The number of amidine groups is 1. The maximum absolute atomic E-state index is 5.91. The number of piperazine rings is 1. The van der Waals surface area contributed by atoms with Crippen molar-refractivity contribution in [3.05, 3.63) is 35.9 Å². The smallest absolute Gasteiger partial charge is 0.150 e. The summed E-state index contributed by atoms with van der Waals surface area (Å²) in [6.07, 6.45) is 0. The summed E-state index contributed by atoms with van der Waals surface area (Å²) in [6.45, 7) is 3.80. The van der Waals surface area contributed by atoms with Crippen LogP contribution in [-0.4, -0.2) is 37.0 Å². The van der Waals surface area contributed by atoms with Crippen LogP contribution in [0.1, 0.15) is 5.56 Å². The summed E-state index contributed by atoms with van der Waals surface area (Å²) in [6, 6.07) is 9.86. The van der Waals surface area contributed by atoms with Crippen LogP contribution in [-0.2, 0) is 0 Å². The van der Waals surface area contributed by atoms with Crippen LogP contribution in [0.3, 0.4) is 0 Å². The molecule has 0 amide bonds. The Labute approximate surface area is 89.8 Å². The maximum atomic E-state index is 5.91. The third-order valence-corrected chi connectivity index (χ3v) is 2.41. The fourth-order valence-electron chi connectivity index (χ4n) is 1.57. The molecule has 1 fully saturated rings. The molecule has 3 N–H and O–H groups in total. The molecule has 0 aromatic heterocycles. The largest absolute Gasteiger partial charge is 0.382 e. The first kappa shape index (κ1) is 9.98. The molecular formula is C11H16N4. The molecule has 1 heterocycles. The number of hydrazone groups is 1. The van der Waals surface area contributed by atoms with Gasteiger partial charge in [0.15, 0.2) is 5.84 Å². The molecule has 1 saturated heterocycles. The molecule has 0 aliphatic carbocycles. The van der Waals surface area contributed by atoms with Crippen LogP contribution in [0.25, 0.3) is 0 Å². The monoisotopic (exact) mass is 204 g/mol. The SMILES string of the molecule is N/C(=N\N1CCNCC1)c1ccccc1. The van der Waals surface area contributed by atoms with Gasteiger partial charge in [0.05, 0.1) is 0 Å². The van der Waals surface area contributed by atoms with Crippen molar-refractivity contribution < 1.29 is 0 Å². The van der Waals surface area contributed by atoms with E-state index in [0.717, 1.165) is 31.7 Å². The normalized spacial score (nSPS) is 17.9. The van der Waals surface area contributed by atoms with Gasteiger partial charge in [0, 0.05) is 31.7 Å². The molecule has 2 rings (SSSR count). The van der Waals surface area contributed by atoms with E-state index in [1.807, 2.05) is 35.3 Å². The van der Waals surface area contributed by atoms with Gasteiger partial charge in [-0.05, 0) is 0 Å². The predicted molar refractivity (Wildman–Crippen MR) is 61.6 cm³/mol. The van der Waals surface area contributed by atoms with Crippen LogP contribution in [0, 0.1) is 0 Å². The van der Waals surface area contributed by atoms with E-state index in [-0.39, 0.29) is 0 Å². The molecule has 0 spiro atoms. The summed E-state index contributed by atoms with van der Waals surface area (Å²) in [5, 5.41) is 9.68. The van der Waals surface area contributed by atoms with Crippen LogP contribution >= 0.6 is 0 Å². The highest BCUT2D eigenvalue weighted by Gasteiger charge is 2.07. The lowest BCUT2D eigenvalue weighted by Gasteiger charge is -2.24. The Morgan fingerprint density at radius 2 is 1.87 bits per heavy atom. The maximum Gasteiger partial charge on any atom is 0.150 e. The lowest BCUT2D eigenvalue weighted by molar-refractivity contribution is 0.252. The number of nitrogens with zero attached hydrogens (tertiary/aromatic N) is 2. The van der Waals surface area contributed by atoms with Crippen LogP contribution in [0.5, 0.6) is 0 Å². The number of hydrogen-bond donors (Lipinski definition) is 2. The molecule has 0 atom stereocenters. The number of nitrogens with one attached hydrogen (secondary N) is 1. The summed E-state index contributed by atoms with van der Waals surface area (Å²) in [7, 11) is 0. The van der Waals surface area contributed by atoms with E-state index in [0.29, 0.717) is 5.84 Å². The fraction of sp³-hybridized carbons (Fsp3) is 0.364. The highest BCUT2D eigenvalue weighted by Crippen LogP contribution is 2.00. The van der Waals surface area contributed by atoms with Gasteiger partial charge in [-0.1, -0.05) is 30.3 Å². The Morgan fingerprint density at radius 1 is 1.20 bits per heavy atom. The summed E-state index contributed by atoms with van der Waals surface area (Å²) in [4.78, 5) is 0. The molecular weight excluding hydrogens is 188 g/mol. The minimum Gasteiger partial charge on any atom is -0.382 e. The first-order valence-electron chi connectivity index (χ1n) is 5.21. The number of rotatable bonds is 2. The van der Waals surface area contributed by atoms with E-state index >= 15 is 0 Å². The van der Waals surface area contributed by atoms with Gasteiger partial charge in [-0.15, -0.1) is 0 Å². The summed E-state index contributed by atoms with van der Waals surface area (Å²) in [5.74, 6) is 0.595. The van der Waals surface area contributed by atoms with E-state index < -0.39 is 0 Å². The Bertz CT molecular complexity index is 328. The Kier molecular flexibility index (Phi) is 3.19. The van der Waals surface area contributed by atoms with Crippen molar-refractivity contribution >= 4 is 5.84 Å². The first-order chi connectivity index (χ1) is 7.36. The summed E-state index contributed by atoms with van der Waals surface area (Å²) in [5.41, 5.74) is 6.90. The summed E-state index contributed by atoms with van der Waals surface area (Å²) >= 11 is 0. The number of hydrogen-bond acceptors (Lipinski definition) is 3. The molecule has 0 radical (unpaired) electrons. The Hall–Kier alpha value is -1.55. The van der Waals surface area contributed by atoms with Crippen LogP contribution < -0.4 is 11.1 Å². The van der Waals surface area contributed by atoms with E-state index in [2.05, 4.69) is 10.4 Å². The molecule has 0 saturated carbocycles. The van der Waals surface area contributed by atoms with Crippen LogP contribution in [0.15, 0.2) is 35.4 Å². The molecule has 4 heteroatoms. The van der Waals surface area contributed by atoms with Gasteiger partial charge in [-0.2, -0.15) is 5.10 Å². The second-order valence-electron chi connectivity index (χ2n) is 3.55. The van der Waals surface area contributed by atoms with E-state index in [4.69, 9.17) is 5.73 Å². The molecule has 1 aromatic carbocycles. The van der Waals surface area contributed by atoms with Gasteiger partial charge in [0.2, 0.25) is 0 Å². The zero-order valence-corrected chi connectivity index (χ0v) is 8.69. The highest BCUT2D eigenvalue weighted by atomic mass is 15.5. The Balaban J connectivity index is 2.06. The molecule has 1 aliphatic heterocycles. The average molecular weight is 204 g/mol. The second kappa shape index (κ2) is 4.79. The van der Waals surface area contributed by atoms with E-state index in [1.54, 1.807) is 0 Å². The van der Waals surface area contributed by atoms with Crippen LogP contribution in [0.4, 0.5) is 0 Å². The third kappa shape index (κ3) is 2.70. The average Bonchev–Trinajstić information content (AvgIpc) is 2.31. The lowest BCUT2D eigenvalue weighted by atomic mass is 10.2. The second-order valence-corrected chi connectivity index (χ2v) is 3.55. The van der Waals surface area contributed by atoms with Crippen molar-refractivity contribution in [2.45, 2.75) is 0 Å². The van der Waals surface area contributed by atoms with Gasteiger partial charge in [0.25, 0.3) is 0 Å². The van der Waals surface area contributed by atoms with Crippen molar-refractivity contribution in [2.24, 2.45) is 10.8 Å². The van der Waals surface area contributed by atoms with Gasteiger partial charge >= 0.3 is 0 Å². The van der Waals surface area contributed by atoms with Gasteiger partial charge in [-0.25, -0.2) is 0 Å². The first-order valence-corrected chi connectivity index (χ1v) is 5.21. The van der Waals surface area contributed by atoms with Crippen molar-refractivity contribution in [3.63, 3.8) is 0 Å². The molecule has 0 bridgehead atoms. The minimum atomic E-state index is 0.595. The van der Waals surface area contributed by atoms with Crippen LogP contribution in [0.2, 0.25) is 0 Å². The van der Waals surface area contributed by atoms with E-state index in [9.17, 15) is 0 Å². The lowest BCUT2D eigenvalue weighted by Crippen LogP contribution is -2.41. The third-order valence-electron chi connectivity index (χ3n) is 2.41. The molecule has 1 aromatic rings. The van der Waals surface area contributed by atoms with Crippen molar-refractivity contribution in [3.8, 4) is 0 Å². The molecule has 4 nitrogen and oxygen atoms in total. The topological polar surface area (TPSA) is 53.6 Å². The molecule has 80 valence electrons. The quantitative estimate of drug-likeness (QED) is 0.535. The minimum absolute atomic E-state index is 0.595. The van der Waals surface area contributed by atoms with Crippen molar-refractivity contribution in [2.75, 3.05) is 26.2 Å². The predicted octanol–water partition coefficient (Wildman–Crippen LogP) is 0.212.